The molecule has 1 aromatic carbocycles. The zero-order valence-electron chi connectivity index (χ0n) is 12.7. The maximum atomic E-state index is 14.1. The van der Waals surface area contributed by atoms with Crippen molar-refractivity contribution in [2.75, 3.05) is 14.1 Å². The number of ketones is 1. The van der Waals surface area contributed by atoms with Gasteiger partial charge in [-0.25, -0.2) is 4.39 Å². The largest absolute Gasteiger partial charge is 0.383 e. The Morgan fingerprint density at radius 2 is 2.00 bits per heavy atom. The van der Waals surface area contributed by atoms with E-state index in [4.69, 9.17) is 0 Å². The van der Waals surface area contributed by atoms with E-state index >= 15 is 0 Å². The minimum Gasteiger partial charge on any atom is -0.383 e. The number of hydrogen-bond acceptors (Lipinski definition) is 3. The highest BCUT2D eigenvalue weighted by atomic mass is 19.1. The normalized spacial score (nSPS) is 24.1. The molecule has 1 saturated heterocycles. The lowest BCUT2D eigenvalue weighted by Crippen LogP contribution is -2.52. The van der Waals surface area contributed by atoms with E-state index in [1.807, 2.05) is 6.92 Å². The number of nitrogens with one attached hydrogen (secondary N) is 1. The third-order valence-electron chi connectivity index (χ3n) is 3.55. The average Bonchev–Trinajstić information content (AvgIpc) is 2.36. The molecular formula is C16H19FN2O2. The van der Waals surface area contributed by atoms with Crippen molar-refractivity contribution in [3.63, 3.8) is 0 Å². The molecule has 1 N–H and O–H groups in total. The molecule has 0 aliphatic carbocycles. The van der Waals surface area contributed by atoms with Crippen molar-refractivity contribution in [3.8, 4) is 0 Å². The summed E-state index contributed by atoms with van der Waals surface area (Å²) in [5, 5.41) is 2.77. The van der Waals surface area contributed by atoms with Gasteiger partial charge in [0, 0.05) is 32.3 Å². The lowest BCUT2D eigenvalue weighted by molar-refractivity contribution is -0.128. The molecule has 1 amide bonds. The van der Waals surface area contributed by atoms with Gasteiger partial charge in [0.05, 0.1) is 11.1 Å². The highest BCUT2D eigenvalue weighted by Crippen LogP contribution is 2.32. The molecule has 2 rings (SSSR count). The molecule has 0 spiro atoms. The van der Waals surface area contributed by atoms with Crippen molar-refractivity contribution < 1.29 is 14.0 Å². The maximum absolute atomic E-state index is 14.1. The van der Waals surface area contributed by atoms with Crippen molar-refractivity contribution in [2.45, 2.75) is 25.8 Å². The van der Waals surface area contributed by atoms with E-state index < -0.39 is 17.3 Å². The monoisotopic (exact) mass is 290 g/mol. The van der Waals surface area contributed by atoms with Crippen LogP contribution in [0.5, 0.6) is 0 Å². The molecule has 1 aliphatic rings. The molecule has 0 radical (unpaired) electrons. The van der Waals surface area contributed by atoms with E-state index in [0.717, 1.165) is 5.56 Å². The van der Waals surface area contributed by atoms with Gasteiger partial charge in [0.25, 0.3) is 5.91 Å². The molecule has 1 aliphatic heterocycles. The second-order valence-electron chi connectivity index (χ2n) is 5.88. The summed E-state index contributed by atoms with van der Waals surface area (Å²) in [7, 11) is 3.48. The molecule has 0 bridgehead atoms. The number of hydrogen-bond donors (Lipinski definition) is 1. The summed E-state index contributed by atoms with van der Waals surface area (Å²) in [6, 6.07) is 4.69. The lowest BCUT2D eigenvalue weighted by atomic mass is 9.81. The molecule has 1 aromatic rings. The molecule has 1 heterocycles. The van der Waals surface area contributed by atoms with Gasteiger partial charge in [-0.2, -0.15) is 0 Å². The Kier molecular flexibility index (Phi) is 3.85. The van der Waals surface area contributed by atoms with Gasteiger partial charge in [0.2, 0.25) is 0 Å². The minimum atomic E-state index is -1.02. The number of halogens is 1. The average molecular weight is 290 g/mol. The number of aryl methyl sites for hydroxylation is 1. The van der Waals surface area contributed by atoms with E-state index in [1.54, 1.807) is 38.1 Å². The molecule has 1 atom stereocenters. The second kappa shape index (κ2) is 5.31. The van der Waals surface area contributed by atoms with Gasteiger partial charge in [0.1, 0.15) is 5.82 Å². The highest BCUT2D eigenvalue weighted by Gasteiger charge is 2.41. The number of Topliss-reactive ketones (excluding diaryl/α,β-unsaturated/α-hetero) is 1. The Morgan fingerprint density at radius 3 is 2.57 bits per heavy atom. The van der Waals surface area contributed by atoms with Gasteiger partial charge in [-0.1, -0.05) is 17.7 Å². The van der Waals surface area contributed by atoms with E-state index in [2.05, 4.69) is 5.32 Å². The molecule has 1 fully saturated rings. The quantitative estimate of drug-likeness (QED) is 0.668. The molecule has 4 nitrogen and oxygen atoms in total. The van der Waals surface area contributed by atoms with Crippen molar-refractivity contribution >= 4 is 11.7 Å². The predicted octanol–water partition coefficient (Wildman–Crippen LogP) is 1.88. The third-order valence-corrected chi connectivity index (χ3v) is 3.55. The zero-order valence-corrected chi connectivity index (χ0v) is 12.7. The standard InChI is InChI=1S/C16H19FN2O2/c1-10-5-6-13(17)12(7-10)16(2)8-14(20)11(9-19(3)4)15(21)18-16/h5-7,9H,8H2,1-4H3,(H,18,21)/b11-9+/t16-/m0/s1. The number of piperidine rings is 1. The Bertz CT molecular complexity index is 615. The van der Waals surface area contributed by atoms with E-state index in [0.29, 0.717) is 5.56 Å². The van der Waals surface area contributed by atoms with Gasteiger partial charge >= 0.3 is 0 Å². The fraction of sp³-hybridized carbons (Fsp3) is 0.375. The van der Waals surface area contributed by atoms with Gasteiger partial charge in [0.15, 0.2) is 5.78 Å². The summed E-state index contributed by atoms with van der Waals surface area (Å²) >= 11 is 0. The van der Waals surface area contributed by atoms with Crippen LogP contribution in [0, 0.1) is 12.7 Å². The van der Waals surface area contributed by atoms with Crippen LogP contribution < -0.4 is 5.32 Å². The second-order valence-corrected chi connectivity index (χ2v) is 5.88. The molecular weight excluding hydrogens is 271 g/mol. The number of benzene rings is 1. The predicted molar refractivity (Wildman–Crippen MR) is 78.0 cm³/mol. The Labute approximate surface area is 123 Å². The first kappa shape index (κ1) is 15.2. The van der Waals surface area contributed by atoms with Crippen LogP contribution in [-0.4, -0.2) is 30.7 Å². The first-order valence-corrected chi connectivity index (χ1v) is 6.73. The summed E-state index contributed by atoms with van der Waals surface area (Å²) in [4.78, 5) is 26.1. The van der Waals surface area contributed by atoms with Gasteiger partial charge in [-0.05, 0) is 19.9 Å². The van der Waals surface area contributed by atoms with Gasteiger partial charge < -0.3 is 10.2 Å². The van der Waals surface area contributed by atoms with Crippen molar-refractivity contribution in [1.29, 1.82) is 0 Å². The van der Waals surface area contributed by atoms with Crippen LogP contribution in [0.1, 0.15) is 24.5 Å². The summed E-state index contributed by atoms with van der Waals surface area (Å²) in [6.07, 6.45) is 1.53. The van der Waals surface area contributed by atoms with Gasteiger partial charge in [-0.3, -0.25) is 9.59 Å². The first-order chi connectivity index (χ1) is 9.73. The zero-order chi connectivity index (χ0) is 15.8. The van der Waals surface area contributed by atoms with E-state index in [1.165, 1.54) is 12.3 Å². The van der Waals surface area contributed by atoms with Crippen LogP contribution in [0.25, 0.3) is 0 Å². The van der Waals surface area contributed by atoms with Crippen LogP contribution in [0.15, 0.2) is 30.0 Å². The van der Waals surface area contributed by atoms with Crippen LogP contribution in [0.2, 0.25) is 0 Å². The SMILES string of the molecule is Cc1ccc(F)c([C@]2(C)CC(=O)/C(=C\N(C)C)C(=O)N2)c1. The first-order valence-electron chi connectivity index (χ1n) is 6.73. The van der Waals surface area contributed by atoms with Crippen LogP contribution in [-0.2, 0) is 15.1 Å². The number of carbonyl (C=O) groups is 2. The molecule has 5 heteroatoms. The van der Waals surface area contributed by atoms with Crippen molar-refractivity contribution in [2.24, 2.45) is 0 Å². The van der Waals surface area contributed by atoms with E-state index in [-0.39, 0.29) is 17.8 Å². The summed E-state index contributed by atoms with van der Waals surface area (Å²) in [5.74, 6) is -1.17. The Hall–Kier alpha value is -2.17. The Balaban J connectivity index is 2.41. The number of carbonyl (C=O) groups excluding carboxylic acids is 2. The van der Waals surface area contributed by atoms with Gasteiger partial charge in [-0.15, -0.1) is 0 Å². The number of rotatable bonds is 2. The molecule has 0 saturated carbocycles. The van der Waals surface area contributed by atoms with Crippen LogP contribution >= 0.6 is 0 Å². The van der Waals surface area contributed by atoms with E-state index in [9.17, 15) is 14.0 Å². The Morgan fingerprint density at radius 1 is 1.33 bits per heavy atom. The van der Waals surface area contributed by atoms with Crippen LogP contribution in [0.3, 0.4) is 0 Å². The molecule has 0 aromatic heterocycles. The van der Waals surface area contributed by atoms with Crippen molar-refractivity contribution in [1.82, 2.24) is 10.2 Å². The van der Waals surface area contributed by atoms with Crippen molar-refractivity contribution in [3.05, 3.63) is 46.9 Å². The number of nitrogens with zero attached hydrogens (tertiary/aromatic N) is 1. The fourth-order valence-electron chi connectivity index (χ4n) is 2.52. The third kappa shape index (κ3) is 2.96. The summed E-state index contributed by atoms with van der Waals surface area (Å²) in [5.41, 5.74) is 0.302. The minimum absolute atomic E-state index is 0.0405. The molecule has 21 heavy (non-hydrogen) atoms. The molecule has 112 valence electrons. The molecule has 0 unspecified atom stereocenters. The maximum Gasteiger partial charge on any atom is 0.257 e. The topological polar surface area (TPSA) is 49.4 Å². The summed E-state index contributed by atoms with van der Waals surface area (Å²) < 4.78 is 14.1. The number of amides is 1. The highest BCUT2D eigenvalue weighted by molar-refractivity contribution is 6.21. The lowest BCUT2D eigenvalue weighted by Gasteiger charge is -2.35. The summed E-state index contributed by atoms with van der Waals surface area (Å²) in [6.45, 7) is 3.52. The fourth-order valence-corrected chi connectivity index (χ4v) is 2.52. The smallest absolute Gasteiger partial charge is 0.257 e. The van der Waals surface area contributed by atoms with Crippen LogP contribution in [0.4, 0.5) is 4.39 Å².